The molecule has 1 atom stereocenters. The molecule has 0 saturated carbocycles. The molecule has 68 valence electrons. The molecule has 5 nitrogen and oxygen atoms in total. The Labute approximate surface area is 73.4 Å². The normalized spacial score (nSPS) is 12.8. The molecule has 0 aliphatic rings. The van der Waals surface area contributed by atoms with Crippen molar-refractivity contribution < 1.29 is 22.2 Å². The molecule has 12 heavy (non-hydrogen) atoms. The van der Waals surface area contributed by atoms with Crippen molar-refractivity contribution in [1.29, 1.82) is 0 Å². The second-order valence-electron chi connectivity index (χ2n) is 1.92. The van der Waals surface area contributed by atoms with Crippen molar-refractivity contribution in [3.63, 3.8) is 0 Å². The molecular weight excluding hydrogens is 200 g/mol. The highest BCUT2D eigenvalue weighted by Crippen LogP contribution is 1.93. The molecule has 0 aliphatic heterocycles. The zero-order chi connectivity index (χ0) is 9.78. The summed E-state index contributed by atoms with van der Waals surface area (Å²) in [5.74, 6) is 3.18. The fourth-order valence-electron chi connectivity index (χ4n) is 0.286. The van der Waals surface area contributed by atoms with E-state index >= 15 is 0 Å². The van der Waals surface area contributed by atoms with Gasteiger partial charge < -0.3 is 4.43 Å². The van der Waals surface area contributed by atoms with Gasteiger partial charge in [-0.15, -0.1) is 0 Å². The zero-order valence-corrected chi connectivity index (χ0v) is 9.38. The predicted molar refractivity (Wildman–Crippen MR) is 44.8 cm³/mol. The van der Waals surface area contributed by atoms with Crippen molar-refractivity contribution in [3.8, 4) is 11.8 Å². The topological polar surface area (TPSA) is 80.7 Å². The summed E-state index contributed by atoms with van der Waals surface area (Å²) in [6, 6.07) is 0. The van der Waals surface area contributed by atoms with E-state index in [0.717, 1.165) is 0 Å². The van der Waals surface area contributed by atoms with Gasteiger partial charge in [0.2, 0.25) is 10.5 Å². The monoisotopic (exact) mass is 208 g/mol. The summed E-state index contributed by atoms with van der Waals surface area (Å²) in [5.41, 5.74) is 0. The molecule has 7 heteroatoms. The number of carbonyl (C=O) groups excluding carboxylic acids is 1. The summed E-state index contributed by atoms with van der Waals surface area (Å²) in [5, 5.41) is -1.27. The van der Waals surface area contributed by atoms with E-state index < -0.39 is 21.3 Å². The Morgan fingerprint density at radius 3 is 2.50 bits per heavy atom. The Hall–Kier alpha value is -0.843. The molecule has 0 heterocycles. The Bertz CT molecular complexity index is 321. The molecule has 1 unspecified atom stereocenters. The first kappa shape index (κ1) is 11.2. The van der Waals surface area contributed by atoms with E-state index in [1.807, 2.05) is 11.8 Å². The van der Waals surface area contributed by atoms with E-state index in [1.165, 1.54) is 6.92 Å². The summed E-state index contributed by atoms with van der Waals surface area (Å²) in [6.07, 6.45) is 0. The lowest BCUT2D eigenvalue weighted by molar-refractivity contribution is -0.127. The van der Waals surface area contributed by atoms with Crippen molar-refractivity contribution in [1.82, 2.24) is 0 Å². The molecular formula is C5H8O5SSi. The summed E-state index contributed by atoms with van der Waals surface area (Å²) < 4.78 is 33.3. The first-order valence-corrected chi connectivity index (χ1v) is 5.25. The number of carbonyl (C=O) groups is 1. The summed E-state index contributed by atoms with van der Waals surface area (Å²) in [6.45, 7) is 1.17. The minimum atomic E-state index is -4.18. The molecule has 0 radical (unpaired) electrons. The van der Waals surface area contributed by atoms with Crippen molar-refractivity contribution in [3.05, 3.63) is 0 Å². The molecule has 0 aromatic rings. The minimum absolute atomic E-state index is 0.208. The zero-order valence-electron chi connectivity index (χ0n) is 6.57. The lowest BCUT2D eigenvalue weighted by atomic mass is 10.4. The maximum Gasteiger partial charge on any atom is 0.370 e. The summed E-state index contributed by atoms with van der Waals surface area (Å²) in [7, 11) is -3.97. The van der Waals surface area contributed by atoms with Crippen LogP contribution in [0, 0.1) is 11.8 Å². The third-order valence-electron chi connectivity index (χ3n) is 1.01. The lowest BCUT2D eigenvalue weighted by Crippen LogP contribution is -2.14. The average molecular weight is 208 g/mol. The molecule has 0 amide bonds. The van der Waals surface area contributed by atoms with Crippen LogP contribution >= 0.6 is 0 Å². The molecule has 1 N–H and O–H groups in total. The van der Waals surface area contributed by atoms with Crippen LogP contribution in [0.2, 0.25) is 0 Å². The number of hydrogen-bond acceptors (Lipinski definition) is 4. The highest BCUT2D eigenvalue weighted by molar-refractivity contribution is 7.86. The largest absolute Gasteiger partial charge is 0.519 e. The maximum absolute atomic E-state index is 10.4. The van der Waals surface area contributed by atoms with E-state index in [4.69, 9.17) is 4.55 Å². The smallest absolute Gasteiger partial charge is 0.370 e. The van der Waals surface area contributed by atoms with Crippen molar-refractivity contribution in [2.45, 2.75) is 12.2 Å². The van der Waals surface area contributed by atoms with Crippen molar-refractivity contribution in [2.24, 2.45) is 0 Å². The number of hydrogen-bond donors (Lipinski definition) is 1. The average Bonchev–Trinajstić information content (AvgIpc) is 1.97. The molecule has 0 aromatic carbocycles. The van der Waals surface area contributed by atoms with Gasteiger partial charge >= 0.3 is 5.97 Å². The van der Waals surface area contributed by atoms with E-state index in [1.54, 1.807) is 0 Å². The van der Waals surface area contributed by atoms with Crippen LogP contribution in [-0.2, 0) is 19.3 Å². The van der Waals surface area contributed by atoms with Gasteiger partial charge in [-0.1, -0.05) is 5.92 Å². The van der Waals surface area contributed by atoms with E-state index in [0.29, 0.717) is 0 Å². The van der Waals surface area contributed by atoms with E-state index in [-0.39, 0.29) is 10.5 Å². The molecule has 0 fully saturated rings. The second-order valence-corrected chi connectivity index (χ2v) is 4.06. The standard InChI is InChI=1S/C5H8O5SSi/c1-4(11(7,8)9)2-3-5(6)10-12/h4H,1,12H3,(H,7,8,9). The molecule has 0 bridgehead atoms. The van der Waals surface area contributed by atoms with Gasteiger partial charge in [0, 0.05) is 5.92 Å². The van der Waals surface area contributed by atoms with Crippen molar-refractivity contribution in [2.75, 3.05) is 0 Å². The Balaban J connectivity index is 4.44. The fraction of sp³-hybridized carbons (Fsp3) is 0.400. The lowest BCUT2D eigenvalue weighted by Gasteiger charge is -1.96. The van der Waals surface area contributed by atoms with Gasteiger partial charge in [0.05, 0.1) is 0 Å². The van der Waals surface area contributed by atoms with Crippen LogP contribution in [0.4, 0.5) is 0 Å². The van der Waals surface area contributed by atoms with E-state index in [9.17, 15) is 13.2 Å². The van der Waals surface area contributed by atoms with Gasteiger partial charge in [-0.05, 0) is 6.92 Å². The van der Waals surface area contributed by atoms with Gasteiger partial charge in [0.15, 0.2) is 0 Å². The first-order chi connectivity index (χ1) is 5.38. The second kappa shape index (κ2) is 4.25. The summed E-state index contributed by atoms with van der Waals surface area (Å²) in [4.78, 5) is 10.4. The SMILES string of the molecule is CC(C#CC(=O)O[SiH3])S(=O)(=O)O. The van der Waals surface area contributed by atoms with Gasteiger partial charge in [0.1, 0.15) is 5.25 Å². The van der Waals surface area contributed by atoms with Gasteiger partial charge in [-0.2, -0.15) is 8.42 Å². The highest BCUT2D eigenvalue weighted by atomic mass is 32.2. The quantitative estimate of drug-likeness (QED) is 0.309. The van der Waals surface area contributed by atoms with Gasteiger partial charge in [-0.3, -0.25) is 4.55 Å². The summed E-state index contributed by atoms with van der Waals surface area (Å²) >= 11 is 0. The Kier molecular flexibility index (Phi) is 3.95. The predicted octanol–water partition coefficient (Wildman–Crippen LogP) is -1.91. The first-order valence-electron chi connectivity index (χ1n) is 2.93. The third-order valence-corrected chi connectivity index (χ3v) is 2.39. The molecule has 0 aromatic heterocycles. The Morgan fingerprint density at radius 2 is 2.17 bits per heavy atom. The van der Waals surface area contributed by atoms with Crippen LogP contribution in [0.25, 0.3) is 0 Å². The van der Waals surface area contributed by atoms with Crippen LogP contribution in [0.15, 0.2) is 0 Å². The van der Waals surface area contributed by atoms with Gasteiger partial charge in [-0.25, -0.2) is 4.79 Å². The third kappa shape index (κ3) is 4.12. The maximum atomic E-state index is 10.4. The molecule has 0 rings (SSSR count). The molecule has 0 aliphatic carbocycles. The van der Waals surface area contributed by atoms with Gasteiger partial charge in [0.25, 0.3) is 10.1 Å². The highest BCUT2D eigenvalue weighted by Gasteiger charge is 2.13. The molecule has 0 saturated heterocycles. The van der Waals surface area contributed by atoms with Crippen molar-refractivity contribution >= 4 is 26.6 Å². The number of rotatable bonds is 1. The van der Waals surface area contributed by atoms with Crippen LogP contribution in [0.3, 0.4) is 0 Å². The Morgan fingerprint density at radius 1 is 1.67 bits per heavy atom. The van der Waals surface area contributed by atoms with Crippen LogP contribution in [0.1, 0.15) is 6.92 Å². The minimum Gasteiger partial charge on any atom is -0.519 e. The van der Waals surface area contributed by atoms with Crippen LogP contribution < -0.4 is 0 Å². The van der Waals surface area contributed by atoms with Crippen LogP contribution in [0.5, 0.6) is 0 Å². The molecule has 0 spiro atoms. The van der Waals surface area contributed by atoms with Crippen LogP contribution in [-0.4, -0.2) is 34.7 Å². The fourth-order valence-corrected chi connectivity index (χ4v) is 0.596. The van der Waals surface area contributed by atoms with E-state index in [2.05, 4.69) is 4.43 Å².